The zero-order valence-corrected chi connectivity index (χ0v) is 30.2. The highest BCUT2D eigenvalue weighted by atomic mass is 17.2. The molecule has 1 aliphatic rings. The van der Waals surface area contributed by atoms with Crippen molar-refractivity contribution in [1.82, 2.24) is 0 Å². The van der Waals surface area contributed by atoms with E-state index in [-0.39, 0.29) is 12.8 Å². The van der Waals surface area contributed by atoms with Crippen LogP contribution in [-0.2, 0) is 28.9 Å². The molecule has 280 valence electrons. The molecule has 4 N–H and O–H groups in total. The maximum Gasteiger partial charge on any atom is 0.378 e. The van der Waals surface area contributed by atoms with Crippen LogP contribution in [0.25, 0.3) is 0 Å². The lowest BCUT2D eigenvalue weighted by Crippen LogP contribution is -2.56. The predicted molar refractivity (Wildman–Crippen MR) is 186 cm³/mol. The lowest BCUT2D eigenvalue weighted by atomic mass is 9.79. The number of hydrogen-bond donors (Lipinski definition) is 4. The molecule has 0 aromatic carbocycles. The van der Waals surface area contributed by atoms with Gasteiger partial charge in [0.15, 0.2) is 11.9 Å². The van der Waals surface area contributed by atoms with Gasteiger partial charge in [-0.15, -0.1) is 0 Å². The van der Waals surface area contributed by atoms with Crippen LogP contribution >= 0.6 is 0 Å². The van der Waals surface area contributed by atoms with E-state index in [0.29, 0.717) is 12.8 Å². The molecule has 0 bridgehead atoms. The van der Waals surface area contributed by atoms with Gasteiger partial charge in [0, 0.05) is 0 Å². The molecule has 0 saturated heterocycles. The van der Waals surface area contributed by atoms with Gasteiger partial charge in [-0.1, -0.05) is 168 Å². The molecule has 1 heterocycles. The van der Waals surface area contributed by atoms with Gasteiger partial charge in [-0.25, -0.2) is 24.2 Å². The number of cyclic esters (lactones) is 1. The smallest absolute Gasteiger partial charge is 0.378 e. The topological polar surface area (TPSA) is 160 Å². The van der Waals surface area contributed by atoms with Crippen LogP contribution in [0.4, 0.5) is 0 Å². The Kier molecular flexibility index (Phi) is 25.0. The predicted octanol–water partition coefficient (Wildman–Crippen LogP) is 9.15. The van der Waals surface area contributed by atoms with Gasteiger partial charge in [0.1, 0.15) is 5.60 Å². The van der Waals surface area contributed by atoms with Gasteiger partial charge >= 0.3 is 17.9 Å². The third-order valence-electron chi connectivity index (χ3n) is 9.55. The fourth-order valence-electron chi connectivity index (χ4n) is 6.40. The first-order chi connectivity index (χ1) is 23.2. The quantitative estimate of drug-likeness (QED) is 0.0240. The highest BCUT2D eigenvalue weighted by Gasteiger charge is 2.56. The summed E-state index contributed by atoms with van der Waals surface area (Å²) in [6.45, 7) is 3.35. The lowest BCUT2D eigenvalue weighted by molar-refractivity contribution is -0.270. The number of aliphatic hydroxyl groups excluding tert-OH is 3. The van der Waals surface area contributed by atoms with Gasteiger partial charge < -0.3 is 25.2 Å². The van der Waals surface area contributed by atoms with Crippen LogP contribution in [0.5, 0.6) is 0 Å². The van der Waals surface area contributed by atoms with Crippen molar-refractivity contribution in [1.29, 1.82) is 0 Å². The molecule has 0 spiro atoms. The van der Waals surface area contributed by atoms with Crippen molar-refractivity contribution in [2.45, 2.75) is 199 Å². The molecular weight excluding hydrogens is 616 g/mol. The highest BCUT2D eigenvalue weighted by molar-refractivity contribution is 5.89. The van der Waals surface area contributed by atoms with E-state index in [1.54, 1.807) is 0 Å². The molecule has 0 aromatic rings. The lowest BCUT2D eigenvalue weighted by Gasteiger charge is -2.36. The normalized spacial score (nSPS) is 16.5. The summed E-state index contributed by atoms with van der Waals surface area (Å²) in [5.41, 5.74) is -2.51. The summed E-state index contributed by atoms with van der Waals surface area (Å²) >= 11 is 0. The van der Waals surface area contributed by atoms with Crippen molar-refractivity contribution in [3.8, 4) is 0 Å². The number of esters is 1. The van der Waals surface area contributed by atoms with Crippen molar-refractivity contribution in [3.63, 3.8) is 0 Å². The average molecular weight is 685 g/mol. The molecule has 1 rings (SSSR count). The van der Waals surface area contributed by atoms with Crippen LogP contribution < -0.4 is 0 Å². The summed E-state index contributed by atoms with van der Waals surface area (Å²) in [6, 6.07) is 0. The van der Waals surface area contributed by atoms with E-state index >= 15 is 0 Å². The molecular formula is C38H68O10. The first-order valence-electron chi connectivity index (χ1n) is 19.3. The van der Waals surface area contributed by atoms with Crippen molar-refractivity contribution in [2.75, 3.05) is 6.61 Å². The van der Waals surface area contributed by atoms with Gasteiger partial charge in [0.05, 0.1) is 18.9 Å². The van der Waals surface area contributed by atoms with E-state index in [1.807, 2.05) is 0 Å². The Hall–Kier alpha value is -2.33. The molecule has 0 saturated carbocycles. The van der Waals surface area contributed by atoms with Crippen LogP contribution in [0.3, 0.4) is 0 Å². The number of ether oxygens (including phenoxy) is 1. The van der Waals surface area contributed by atoms with E-state index in [9.17, 15) is 34.8 Å². The SMILES string of the molecule is CCCCCCCCCCCCCCCC(=O)OOC(=O)C(CCCCCCCCCCCCCC)[C@](O)(CO)[C@H]1OC(=O)C(O)=C1O. The summed E-state index contributed by atoms with van der Waals surface area (Å²) in [5.74, 6) is -6.75. The largest absolute Gasteiger partial charge is 0.505 e. The Morgan fingerprint density at radius 2 is 1.06 bits per heavy atom. The minimum Gasteiger partial charge on any atom is -0.505 e. The molecule has 0 fully saturated rings. The zero-order valence-electron chi connectivity index (χ0n) is 30.2. The second-order valence-corrected chi connectivity index (χ2v) is 13.7. The molecule has 10 nitrogen and oxygen atoms in total. The van der Waals surface area contributed by atoms with Crippen molar-refractivity contribution in [3.05, 3.63) is 11.5 Å². The molecule has 10 heteroatoms. The van der Waals surface area contributed by atoms with Crippen LogP contribution in [0.15, 0.2) is 11.5 Å². The van der Waals surface area contributed by atoms with Crippen LogP contribution in [0, 0.1) is 5.92 Å². The number of hydrogen-bond acceptors (Lipinski definition) is 10. The van der Waals surface area contributed by atoms with Gasteiger partial charge in [-0.2, -0.15) is 0 Å². The average Bonchev–Trinajstić information content (AvgIpc) is 3.35. The number of carbonyl (C=O) groups excluding carboxylic acids is 3. The zero-order chi connectivity index (χ0) is 35.5. The number of carbonyl (C=O) groups is 3. The van der Waals surface area contributed by atoms with Gasteiger partial charge in [0.25, 0.3) is 0 Å². The molecule has 0 aliphatic carbocycles. The summed E-state index contributed by atoms with van der Waals surface area (Å²) in [6.07, 6.45) is 26.4. The van der Waals surface area contributed by atoms with Gasteiger partial charge in [-0.05, 0) is 12.8 Å². The van der Waals surface area contributed by atoms with Crippen molar-refractivity contribution >= 4 is 17.9 Å². The Labute approximate surface area is 289 Å². The van der Waals surface area contributed by atoms with Gasteiger partial charge in [-0.3, -0.25) is 0 Å². The molecule has 0 radical (unpaired) electrons. The maximum absolute atomic E-state index is 13.1. The maximum atomic E-state index is 13.1. The van der Waals surface area contributed by atoms with E-state index in [2.05, 4.69) is 13.8 Å². The first-order valence-corrected chi connectivity index (χ1v) is 19.3. The highest BCUT2D eigenvalue weighted by Crippen LogP contribution is 2.36. The number of rotatable bonds is 31. The monoisotopic (exact) mass is 684 g/mol. The van der Waals surface area contributed by atoms with E-state index < -0.39 is 53.7 Å². The molecule has 0 amide bonds. The summed E-state index contributed by atoms with van der Waals surface area (Å²) in [5, 5.41) is 41.5. The third-order valence-corrected chi connectivity index (χ3v) is 9.55. The number of unbranched alkanes of at least 4 members (excludes halogenated alkanes) is 23. The summed E-state index contributed by atoms with van der Waals surface area (Å²) < 4.78 is 4.90. The Morgan fingerprint density at radius 1 is 0.667 bits per heavy atom. The first kappa shape index (κ1) is 43.7. The molecule has 0 aromatic heterocycles. The molecule has 48 heavy (non-hydrogen) atoms. The van der Waals surface area contributed by atoms with Crippen molar-refractivity contribution < 1.29 is 49.3 Å². The standard InChI is InChI=1S/C38H68O10/c1-3-5-7-9-11-13-15-17-19-21-23-25-27-29-32(40)47-48-36(43)31(38(45,30-39)35-33(41)34(42)37(44)46-35)28-26-24-22-20-18-16-14-12-10-8-6-4-2/h31,35,39,41-42,45H,3-30H2,1-2H3/t31?,35-,38+/m0/s1. The summed E-state index contributed by atoms with van der Waals surface area (Å²) in [4.78, 5) is 46.8. The van der Waals surface area contributed by atoms with Crippen LogP contribution in [-0.4, -0.2) is 56.6 Å². The minimum absolute atomic E-state index is 0.00578. The molecule has 3 atom stereocenters. The van der Waals surface area contributed by atoms with Crippen LogP contribution in [0.2, 0.25) is 0 Å². The van der Waals surface area contributed by atoms with E-state index in [4.69, 9.17) is 14.5 Å². The fourth-order valence-corrected chi connectivity index (χ4v) is 6.40. The van der Waals surface area contributed by atoms with E-state index in [1.165, 1.54) is 103 Å². The minimum atomic E-state index is -2.51. The Morgan fingerprint density at radius 3 is 1.44 bits per heavy atom. The van der Waals surface area contributed by atoms with E-state index in [0.717, 1.165) is 44.9 Å². The molecule has 1 unspecified atom stereocenters. The Balaban J connectivity index is 2.47. The second-order valence-electron chi connectivity index (χ2n) is 13.7. The van der Waals surface area contributed by atoms with Crippen LogP contribution in [0.1, 0.15) is 187 Å². The Bertz CT molecular complexity index is 904. The van der Waals surface area contributed by atoms with Gasteiger partial charge in [0.2, 0.25) is 5.76 Å². The van der Waals surface area contributed by atoms with Crippen molar-refractivity contribution in [2.24, 2.45) is 5.92 Å². The summed E-state index contributed by atoms with van der Waals surface area (Å²) in [7, 11) is 0. The molecule has 1 aliphatic heterocycles. The fraction of sp³-hybridized carbons (Fsp3) is 0.868. The second kappa shape index (κ2) is 27.5. The number of aliphatic hydroxyl groups is 4. The third kappa shape index (κ3) is 17.9.